The van der Waals surface area contributed by atoms with Crippen LogP contribution in [0.1, 0.15) is 31.2 Å². The number of rotatable bonds is 6. The highest BCUT2D eigenvalue weighted by Gasteiger charge is 2.41. The Morgan fingerprint density at radius 3 is 2.71 bits per heavy atom. The largest absolute Gasteiger partial charge is 0.495 e. The molecule has 2 aliphatic rings. The molecule has 0 aliphatic carbocycles. The number of aryl methyl sites for hydroxylation is 1. The molecule has 0 spiro atoms. The van der Waals surface area contributed by atoms with Crippen LogP contribution in [0.3, 0.4) is 0 Å². The topological polar surface area (TPSA) is 105 Å². The number of nitrogens with zero attached hydrogens (tertiary/aromatic N) is 1. The van der Waals surface area contributed by atoms with Gasteiger partial charge in [-0.25, -0.2) is 0 Å². The Hall–Kier alpha value is -2.61. The zero-order chi connectivity index (χ0) is 20.3. The molecule has 2 N–H and O–H groups in total. The molecular weight excluding hydrogens is 364 g/mol. The highest BCUT2D eigenvalue weighted by Crippen LogP contribution is 2.34. The quantitative estimate of drug-likeness (QED) is 0.763. The molecular formula is C20H26N2O6. The summed E-state index contributed by atoms with van der Waals surface area (Å²) in [5, 5.41) is 12.2. The summed E-state index contributed by atoms with van der Waals surface area (Å²) in [7, 11) is 1.54. The van der Waals surface area contributed by atoms with Gasteiger partial charge in [0.05, 0.1) is 30.7 Å². The summed E-state index contributed by atoms with van der Waals surface area (Å²) in [4.78, 5) is 38.4. The number of nitrogens with one attached hydrogen (secondary N) is 1. The number of amides is 2. The monoisotopic (exact) mass is 390 g/mol. The van der Waals surface area contributed by atoms with E-state index in [0.717, 1.165) is 5.56 Å². The molecule has 8 heteroatoms. The maximum Gasteiger partial charge on any atom is 0.305 e. The van der Waals surface area contributed by atoms with Crippen molar-refractivity contribution < 1.29 is 29.0 Å². The fourth-order valence-corrected chi connectivity index (χ4v) is 3.89. The van der Waals surface area contributed by atoms with Gasteiger partial charge in [-0.15, -0.1) is 0 Å². The molecule has 152 valence electrons. The van der Waals surface area contributed by atoms with Crippen molar-refractivity contribution in [1.29, 1.82) is 0 Å². The van der Waals surface area contributed by atoms with Crippen molar-refractivity contribution in [2.24, 2.45) is 5.92 Å². The summed E-state index contributed by atoms with van der Waals surface area (Å²) in [5.41, 5.74) is 0.812. The fourth-order valence-electron chi connectivity index (χ4n) is 3.89. The summed E-state index contributed by atoms with van der Waals surface area (Å²) < 4.78 is 10.7. The van der Waals surface area contributed by atoms with Gasteiger partial charge in [-0.2, -0.15) is 0 Å². The number of carbonyl (C=O) groups is 3. The van der Waals surface area contributed by atoms with E-state index < -0.39 is 17.4 Å². The minimum atomic E-state index is -0.962. The highest BCUT2D eigenvalue weighted by molar-refractivity contribution is 6.01. The number of ether oxygens (including phenoxy) is 2. The summed E-state index contributed by atoms with van der Waals surface area (Å²) in [6.45, 7) is 2.98. The molecule has 1 atom stereocenters. The molecule has 3 rings (SSSR count). The predicted molar refractivity (Wildman–Crippen MR) is 101 cm³/mol. The van der Waals surface area contributed by atoms with E-state index in [1.165, 1.54) is 0 Å². The van der Waals surface area contributed by atoms with Crippen molar-refractivity contribution in [3.63, 3.8) is 0 Å². The van der Waals surface area contributed by atoms with Crippen LogP contribution in [-0.2, 0) is 19.1 Å². The third kappa shape index (κ3) is 4.27. The zero-order valence-corrected chi connectivity index (χ0v) is 16.2. The van der Waals surface area contributed by atoms with Crippen LogP contribution in [0.5, 0.6) is 5.75 Å². The van der Waals surface area contributed by atoms with E-state index in [0.29, 0.717) is 37.5 Å². The van der Waals surface area contributed by atoms with Crippen LogP contribution in [0, 0.1) is 12.8 Å². The van der Waals surface area contributed by atoms with Crippen molar-refractivity contribution >= 4 is 23.5 Å². The first-order valence-corrected chi connectivity index (χ1v) is 9.40. The molecule has 28 heavy (non-hydrogen) atoms. The Labute approximate surface area is 163 Å². The van der Waals surface area contributed by atoms with Gasteiger partial charge in [-0.1, -0.05) is 6.07 Å². The number of anilines is 1. The van der Waals surface area contributed by atoms with Crippen LogP contribution < -0.4 is 15.0 Å². The normalized spacial score (nSPS) is 21.4. The van der Waals surface area contributed by atoms with Crippen LogP contribution in [0.4, 0.5) is 5.69 Å². The predicted octanol–water partition coefficient (Wildman–Crippen LogP) is 1.50. The molecule has 1 aromatic carbocycles. The zero-order valence-electron chi connectivity index (χ0n) is 16.2. The van der Waals surface area contributed by atoms with E-state index in [1.54, 1.807) is 18.1 Å². The Bertz CT molecular complexity index is 772. The number of benzene rings is 1. The molecule has 0 radical (unpaired) electrons. The molecule has 1 aromatic rings. The van der Waals surface area contributed by atoms with E-state index in [-0.39, 0.29) is 31.2 Å². The Morgan fingerprint density at radius 1 is 1.36 bits per heavy atom. The fraction of sp³-hybridized carbons (Fsp3) is 0.550. The van der Waals surface area contributed by atoms with Gasteiger partial charge in [0.15, 0.2) is 0 Å². The lowest BCUT2D eigenvalue weighted by molar-refractivity contribution is -0.141. The first kappa shape index (κ1) is 20.1. The maximum atomic E-state index is 12.9. The van der Waals surface area contributed by atoms with Gasteiger partial charge < -0.3 is 24.8 Å². The number of methoxy groups -OCH3 is 1. The smallest absolute Gasteiger partial charge is 0.305 e. The number of hydrogen-bond acceptors (Lipinski definition) is 5. The van der Waals surface area contributed by atoms with Gasteiger partial charge in [0.2, 0.25) is 11.8 Å². The van der Waals surface area contributed by atoms with E-state index in [1.807, 2.05) is 19.1 Å². The minimum absolute atomic E-state index is 0.0859. The van der Waals surface area contributed by atoms with E-state index in [4.69, 9.17) is 9.47 Å². The molecule has 0 aromatic heterocycles. The van der Waals surface area contributed by atoms with Crippen LogP contribution in [0.2, 0.25) is 0 Å². The average molecular weight is 390 g/mol. The molecule has 2 amide bonds. The average Bonchev–Trinajstić information content (AvgIpc) is 3.03. The summed E-state index contributed by atoms with van der Waals surface area (Å²) in [6, 6.07) is 5.56. The molecule has 2 saturated heterocycles. The van der Waals surface area contributed by atoms with Gasteiger partial charge in [0, 0.05) is 26.2 Å². The number of carboxylic acid groups (broad SMARTS) is 1. The summed E-state index contributed by atoms with van der Waals surface area (Å²) in [5.74, 6) is -1.36. The second-order valence-electron chi connectivity index (χ2n) is 7.53. The van der Waals surface area contributed by atoms with Gasteiger partial charge in [0.25, 0.3) is 0 Å². The van der Waals surface area contributed by atoms with Crippen molar-refractivity contribution in [1.82, 2.24) is 5.32 Å². The third-order valence-electron chi connectivity index (χ3n) is 5.45. The molecule has 0 bridgehead atoms. The van der Waals surface area contributed by atoms with Crippen molar-refractivity contribution in [3.8, 4) is 5.75 Å². The Kier molecular flexibility index (Phi) is 5.88. The summed E-state index contributed by atoms with van der Waals surface area (Å²) in [6.07, 6.45) is 0.822. The number of carbonyl (C=O) groups excluding carboxylic acids is 2. The minimum Gasteiger partial charge on any atom is -0.495 e. The van der Waals surface area contributed by atoms with E-state index >= 15 is 0 Å². The molecule has 2 heterocycles. The van der Waals surface area contributed by atoms with Crippen LogP contribution >= 0.6 is 0 Å². The van der Waals surface area contributed by atoms with Crippen LogP contribution in [0.25, 0.3) is 0 Å². The third-order valence-corrected chi connectivity index (χ3v) is 5.45. The first-order valence-electron chi connectivity index (χ1n) is 9.40. The Morgan fingerprint density at radius 2 is 2.07 bits per heavy atom. The van der Waals surface area contributed by atoms with Gasteiger partial charge in [-0.05, 0) is 37.5 Å². The number of carboxylic acids is 1. The van der Waals surface area contributed by atoms with Crippen molar-refractivity contribution in [2.45, 2.75) is 38.1 Å². The van der Waals surface area contributed by atoms with Crippen molar-refractivity contribution in [3.05, 3.63) is 23.8 Å². The molecule has 0 saturated carbocycles. The van der Waals surface area contributed by atoms with Crippen LogP contribution in [0.15, 0.2) is 18.2 Å². The second-order valence-corrected chi connectivity index (χ2v) is 7.53. The maximum absolute atomic E-state index is 12.9. The highest BCUT2D eigenvalue weighted by atomic mass is 16.5. The second kappa shape index (κ2) is 8.18. The molecule has 8 nitrogen and oxygen atoms in total. The lowest BCUT2D eigenvalue weighted by atomic mass is 9.85. The van der Waals surface area contributed by atoms with Crippen molar-refractivity contribution in [2.75, 3.05) is 31.8 Å². The van der Waals surface area contributed by atoms with E-state index in [2.05, 4.69) is 5.32 Å². The molecule has 2 fully saturated rings. The van der Waals surface area contributed by atoms with Gasteiger partial charge >= 0.3 is 5.97 Å². The van der Waals surface area contributed by atoms with E-state index in [9.17, 15) is 19.5 Å². The van der Waals surface area contributed by atoms with Gasteiger partial charge in [-0.3, -0.25) is 14.4 Å². The SMILES string of the molecule is COc1ccc(C)cc1N1CC(C(=O)NC2(CC(=O)O)CCOCC2)CC1=O. The first-order chi connectivity index (χ1) is 13.3. The van der Waals surface area contributed by atoms with Crippen LogP contribution in [-0.4, -0.2) is 55.3 Å². The lowest BCUT2D eigenvalue weighted by Crippen LogP contribution is -2.54. The number of aliphatic carboxylic acids is 1. The Balaban J connectivity index is 1.74. The standard InChI is InChI=1S/C20H26N2O6/c1-13-3-4-16(27-2)15(9-13)22-12-14(10-17(22)23)19(26)21-20(11-18(24)25)5-7-28-8-6-20/h3-4,9,14H,5-8,10-12H2,1-2H3,(H,21,26)(H,24,25). The van der Waals surface area contributed by atoms with Gasteiger partial charge in [0.1, 0.15) is 5.75 Å². The number of hydrogen-bond donors (Lipinski definition) is 2. The summed E-state index contributed by atoms with van der Waals surface area (Å²) >= 11 is 0. The molecule has 1 unspecified atom stereocenters. The lowest BCUT2D eigenvalue weighted by Gasteiger charge is -2.37. The molecule has 2 aliphatic heterocycles.